The number of carbonyl (C=O) groups excluding carboxylic acids is 1. The summed E-state index contributed by atoms with van der Waals surface area (Å²) < 4.78 is 1.87. The van der Waals surface area contributed by atoms with E-state index >= 15 is 0 Å². The molecule has 0 bridgehead atoms. The second-order valence-corrected chi connectivity index (χ2v) is 8.89. The van der Waals surface area contributed by atoms with Crippen molar-refractivity contribution in [2.75, 3.05) is 19.6 Å². The fraction of sp³-hybridized carbons (Fsp3) is 0.292. The first-order valence-electron chi connectivity index (χ1n) is 10.7. The molecule has 1 unspecified atom stereocenters. The van der Waals surface area contributed by atoms with Gasteiger partial charge in [0.05, 0.1) is 24.3 Å². The van der Waals surface area contributed by atoms with Crippen molar-refractivity contribution in [3.63, 3.8) is 0 Å². The van der Waals surface area contributed by atoms with Crippen LogP contribution in [0.1, 0.15) is 39.7 Å². The van der Waals surface area contributed by atoms with Crippen LogP contribution in [0.3, 0.4) is 0 Å². The maximum Gasteiger partial charge on any atom is 0.252 e. The highest BCUT2D eigenvalue weighted by molar-refractivity contribution is 7.10. The molecule has 0 radical (unpaired) electrons. The zero-order chi connectivity index (χ0) is 21.0. The van der Waals surface area contributed by atoms with Gasteiger partial charge in [0.25, 0.3) is 5.91 Å². The largest absolute Gasteiger partial charge is 0.350 e. The molecular weight excluding hydrogens is 406 g/mol. The molecule has 0 aliphatic carbocycles. The van der Waals surface area contributed by atoms with Gasteiger partial charge in [-0.05, 0) is 49.0 Å². The molecule has 5 rings (SSSR count). The van der Waals surface area contributed by atoms with Crippen LogP contribution in [0.25, 0.3) is 11.0 Å². The van der Waals surface area contributed by atoms with Gasteiger partial charge in [-0.3, -0.25) is 9.69 Å². The maximum atomic E-state index is 12.9. The van der Waals surface area contributed by atoms with Gasteiger partial charge in [0, 0.05) is 23.0 Å². The van der Waals surface area contributed by atoms with E-state index in [4.69, 9.17) is 0 Å². The van der Waals surface area contributed by atoms with Gasteiger partial charge in [-0.2, -0.15) is 5.10 Å². The number of hydrogen-bond donors (Lipinski definition) is 1. The zero-order valence-corrected chi connectivity index (χ0v) is 18.1. The number of fused-ring (bicyclic) bond motifs is 1. The Morgan fingerprint density at radius 1 is 1.10 bits per heavy atom. The molecule has 0 saturated carbocycles. The number of hydrogen-bond acceptors (Lipinski definition) is 5. The fourth-order valence-electron chi connectivity index (χ4n) is 4.20. The number of benzene rings is 1. The van der Waals surface area contributed by atoms with E-state index in [1.165, 1.54) is 17.7 Å². The summed E-state index contributed by atoms with van der Waals surface area (Å²) in [4.78, 5) is 21.2. The van der Waals surface area contributed by atoms with Gasteiger partial charge >= 0.3 is 0 Å². The normalized spacial score (nSPS) is 15.4. The van der Waals surface area contributed by atoms with E-state index in [0.717, 1.165) is 29.7 Å². The molecule has 1 amide bonds. The molecule has 1 saturated heterocycles. The molecule has 31 heavy (non-hydrogen) atoms. The smallest absolute Gasteiger partial charge is 0.252 e. The lowest BCUT2D eigenvalue weighted by atomic mass is 10.2. The number of nitrogens with zero attached hydrogens (tertiary/aromatic N) is 4. The molecule has 1 fully saturated rings. The van der Waals surface area contributed by atoms with E-state index in [0.29, 0.717) is 18.7 Å². The third-order valence-corrected chi connectivity index (χ3v) is 6.80. The summed E-state index contributed by atoms with van der Waals surface area (Å²) in [5.41, 5.74) is 2.52. The molecule has 7 heteroatoms. The number of pyridine rings is 1. The Hall–Kier alpha value is -3.03. The minimum absolute atomic E-state index is 0.0917. The van der Waals surface area contributed by atoms with E-state index in [2.05, 4.69) is 49.9 Å². The summed E-state index contributed by atoms with van der Waals surface area (Å²) in [6, 6.07) is 16.5. The summed E-state index contributed by atoms with van der Waals surface area (Å²) in [7, 11) is 0. The molecule has 1 aromatic carbocycles. The molecular formula is C24H25N5OS. The lowest BCUT2D eigenvalue weighted by Crippen LogP contribution is -2.36. The van der Waals surface area contributed by atoms with E-state index in [1.807, 2.05) is 28.9 Å². The van der Waals surface area contributed by atoms with E-state index in [-0.39, 0.29) is 11.9 Å². The molecule has 1 atom stereocenters. The summed E-state index contributed by atoms with van der Waals surface area (Å²) in [6.07, 6.45) is 5.88. The number of amides is 1. The quantitative estimate of drug-likeness (QED) is 0.478. The van der Waals surface area contributed by atoms with Crippen molar-refractivity contribution in [3.05, 3.63) is 82.3 Å². The summed E-state index contributed by atoms with van der Waals surface area (Å²) in [5.74, 6) is -0.0917. The van der Waals surface area contributed by atoms with Crippen LogP contribution in [0.15, 0.2) is 66.3 Å². The van der Waals surface area contributed by atoms with Gasteiger partial charge in [0.2, 0.25) is 0 Å². The van der Waals surface area contributed by atoms with Gasteiger partial charge in [-0.25, -0.2) is 9.67 Å². The van der Waals surface area contributed by atoms with Crippen LogP contribution in [0, 0.1) is 0 Å². The molecule has 4 heterocycles. The molecule has 6 nitrogen and oxygen atoms in total. The highest BCUT2D eigenvalue weighted by Crippen LogP contribution is 2.28. The van der Waals surface area contributed by atoms with Crippen molar-refractivity contribution in [1.82, 2.24) is 25.0 Å². The van der Waals surface area contributed by atoms with E-state index in [1.54, 1.807) is 23.7 Å². The number of nitrogens with one attached hydrogen (secondary N) is 1. The number of carbonyl (C=O) groups is 1. The molecule has 158 valence electrons. The van der Waals surface area contributed by atoms with Gasteiger partial charge in [-0.15, -0.1) is 11.3 Å². The SMILES string of the molecule is O=C(NCC(c1cccs1)N1CCCC1)c1cnc2c(cnn2Cc2ccccc2)c1. The predicted octanol–water partition coefficient (Wildman–Crippen LogP) is 4.11. The topological polar surface area (TPSA) is 63.1 Å². The first-order chi connectivity index (χ1) is 15.3. The molecule has 1 aliphatic rings. The third kappa shape index (κ3) is 4.38. The average molecular weight is 432 g/mol. The minimum atomic E-state index is -0.0917. The van der Waals surface area contributed by atoms with Gasteiger partial charge in [0.15, 0.2) is 5.65 Å². The fourth-order valence-corrected chi connectivity index (χ4v) is 5.06. The number of thiophene rings is 1. The molecule has 4 aromatic rings. The standard InChI is InChI=1S/C24H25N5OS/c30-24(26-16-21(22-9-6-12-31-22)28-10-4-5-11-28)20-13-19-15-27-29(23(19)25-14-20)17-18-7-2-1-3-8-18/h1-3,6-9,12-15,21H,4-5,10-11,16-17H2,(H,26,30). The maximum absolute atomic E-state index is 12.9. The first-order valence-corrected chi connectivity index (χ1v) is 11.6. The highest BCUT2D eigenvalue weighted by Gasteiger charge is 2.25. The van der Waals surface area contributed by atoms with Gasteiger partial charge in [0.1, 0.15) is 0 Å². The Balaban J connectivity index is 1.29. The molecule has 1 N–H and O–H groups in total. The number of aromatic nitrogens is 3. The third-order valence-electron chi connectivity index (χ3n) is 5.82. The van der Waals surface area contributed by atoms with Crippen molar-refractivity contribution >= 4 is 28.3 Å². The van der Waals surface area contributed by atoms with E-state index in [9.17, 15) is 4.79 Å². The molecule has 0 spiro atoms. The second-order valence-electron chi connectivity index (χ2n) is 7.91. The summed E-state index contributed by atoms with van der Waals surface area (Å²) >= 11 is 1.75. The van der Waals surface area contributed by atoms with Crippen molar-refractivity contribution in [2.24, 2.45) is 0 Å². The zero-order valence-electron chi connectivity index (χ0n) is 17.3. The minimum Gasteiger partial charge on any atom is -0.350 e. The van der Waals surface area contributed by atoms with Crippen LogP contribution in [-0.2, 0) is 6.54 Å². The van der Waals surface area contributed by atoms with Crippen LogP contribution in [0.4, 0.5) is 0 Å². The Labute approximate surface area is 185 Å². The molecule has 3 aromatic heterocycles. The number of rotatable bonds is 7. The average Bonchev–Trinajstić information content (AvgIpc) is 3.57. The lowest BCUT2D eigenvalue weighted by molar-refractivity contribution is 0.0938. The summed E-state index contributed by atoms with van der Waals surface area (Å²) in [5, 5.41) is 10.6. The van der Waals surface area contributed by atoms with Crippen molar-refractivity contribution < 1.29 is 4.79 Å². The Morgan fingerprint density at radius 3 is 2.71 bits per heavy atom. The van der Waals surface area contributed by atoms with Crippen molar-refractivity contribution in [3.8, 4) is 0 Å². The van der Waals surface area contributed by atoms with E-state index < -0.39 is 0 Å². The van der Waals surface area contributed by atoms with Gasteiger partial charge in [-0.1, -0.05) is 36.4 Å². The first kappa shape index (κ1) is 19.9. The van der Waals surface area contributed by atoms with Crippen LogP contribution < -0.4 is 5.32 Å². The second kappa shape index (κ2) is 8.99. The van der Waals surface area contributed by atoms with Gasteiger partial charge < -0.3 is 5.32 Å². The Kier molecular flexibility index (Phi) is 5.78. The molecule has 1 aliphatic heterocycles. The monoisotopic (exact) mass is 431 g/mol. The summed E-state index contributed by atoms with van der Waals surface area (Å²) in [6.45, 7) is 3.44. The van der Waals surface area contributed by atoms with Crippen LogP contribution in [0.2, 0.25) is 0 Å². The lowest BCUT2D eigenvalue weighted by Gasteiger charge is -2.26. The van der Waals surface area contributed by atoms with Crippen LogP contribution in [-0.4, -0.2) is 45.2 Å². The van der Waals surface area contributed by atoms with Crippen molar-refractivity contribution in [2.45, 2.75) is 25.4 Å². The van der Waals surface area contributed by atoms with Crippen molar-refractivity contribution in [1.29, 1.82) is 0 Å². The Bertz CT molecular complexity index is 1150. The number of likely N-dealkylation sites (tertiary alicyclic amines) is 1. The Morgan fingerprint density at radius 2 is 1.94 bits per heavy atom. The van der Waals surface area contributed by atoms with Crippen LogP contribution >= 0.6 is 11.3 Å². The predicted molar refractivity (Wildman–Crippen MR) is 123 cm³/mol. The highest BCUT2D eigenvalue weighted by atomic mass is 32.1. The van der Waals surface area contributed by atoms with Crippen LogP contribution in [0.5, 0.6) is 0 Å².